The highest BCUT2D eigenvalue weighted by atomic mass is 16.3. The minimum absolute atomic E-state index is 0.205. The van der Waals surface area contributed by atoms with Crippen LogP contribution in [0.3, 0.4) is 0 Å². The summed E-state index contributed by atoms with van der Waals surface area (Å²) in [6.45, 7) is 7.36. The van der Waals surface area contributed by atoms with E-state index in [-0.39, 0.29) is 5.91 Å². The molecule has 1 amide bonds. The summed E-state index contributed by atoms with van der Waals surface area (Å²) in [5, 5.41) is 9.96. The zero-order valence-corrected chi connectivity index (χ0v) is 13.8. The van der Waals surface area contributed by atoms with Crippen LogP contribution in [0.2, 0.25) is 0 Å². The van der Waals surface area contributed by atoms with Crippen LogP contribution in [0.15, 0.2) is 11.8 Å². The second-order valence-corrected chi connectivity index (χ2v) is 7.05. The first-order valence-electron chi connectivity index (χ1n) is 8.36. The van der Waals surface area contributed by atoms with Gasteiger partial charge in [0.05, 0.1) is 12.1 Å². The molecule has 0 heterocycles. The molecule has 0 saturated heterocycles. The first-order valence-corrected chi connectivity index (χ1v) is 8.36. The topological polar surface area (TPSA) is 43.8 Å². The fraction of sp³-hybridized carbons (Fsp3) is 0.824. The van der Waals surface area contributed by atoms with Gasteiger partial charge in [0.15, 0.2) is 0 Å². The van der Waals surface area contributed by atoms with E-state index in [1.807, 2.05) is 11.8 Å². The van der Waals surface area contributed by atoms with Crippen molar-refractivity contribution < 1.29 is 9.90 Å². The zero-order chi connectivity index (χ0) is 15.5. The maximum Gasteiger partial charge on any atom is 0.241 e. The van der Waals surface area contributed by atoms with Gasteiger partial charge in [0.25, 0.3) is 0 Å². The van der Waals surface area contributed by atoms with Crippen LogP contribution < -0.4 is 0 Å². The maximum absolute atomic E-state index is 12.7. The van der Waals surface area contributed by atoms with Gasteiger partial charge in [-0.2, -0.15) is 0 Å². The van der Waals surface area contributed by atoms with E-state index in [1.54, 1.807) is 13.8 Å². The lowest BCUT2D eigenvalue weighted by Gasteiger charge is -2.32. The predicted octanol–water partition coefficient (Wildman–Crippen LogP) is 2.53. The van der Waals surface area contributed by atoms with Gasteiger partial charge in [-0.25, -0.2) is 0 Å². The third kappa shape index (κ3) is 5.11. The van der Waals surface area contributed by atoms with Crippen LogP contribution in [0.5, 0.6) is 0 Å². The summed E-state index contributed by atoms with van der Waals surface area (Å²) in [6, 6.07) is 0.433. The van der Waals surface area contributed by atoms with Gasteiger partial charge in [0, 0.05) is 18.3 Å². The Kier molecular flexibility index (Phi) is 5.44. The number of allylic oxidation sites excluding steroid dienone is 2. The Hall–Kier alpha value is -0.870. The smallest absolute Gasteiger partial charge is 0.241 e. The molecule has 0 radical (unpaired) electrons. The van der Waals surface area contributed by atoms with Crippen molar-refractivity contribution in [2.45, 2.75) is 70.9 Å². The van der Waals surface area contributed by atoms with Crippen molar-refractivity contribution in [2.75, 3.05) is 19.6 Å². The molecule has 2 aliphatic rings. The van der Waals surface area contributed by atoms with Gasteiger partial charge in [-0.15, -0.1) is 0 Å². The SMILES string of the molecule is CCN(CC(=O)N(C1=CCCCC1)C1CC1)CC(C)(C)O. The van der Waals surface area contributed by atoms with Crippen LogP contribution in [-0.4, -0.2) is 52.1 Å². The van der Waals surface area contributed by atoms with E-state index in [1.165, 1.54) is 18.5 Å². The van der Waals surface area contributed by atoms with E-state index in [4.69, 9.17) is 0 Å². The number of likely N-dealkylation sites (N-methyl/N-ethyl adjacent to an activating group) is 1. The van der Waals surface area contributed by atoms with Gasteiger partial charge in [-0.3, -0.25) is 9.69 Å². The Bertz CT molecular complexity index is 394. The first-order chi connectivity index (χ1) is 9.90. The van der Waals surface area contributed by atoms with Crippen molar-refractivity contribution in [1.82, 2.24) is 9.80 Å². The summed E-state index contributed by atoms with van der Waals surface area (Å²) in [5.41, 5.74) is 0.484. The van der Waals surface area contributed by atoms with E-state index in [2.05, 4.69) is 11.0 Å². The standard InChI is InChI=1S/C17H30N2O2/c1-4-18(13-17(2,3)21)12-16(20)19(15-10-11-15)14-8-6-5-7-9-14/h8,15,21H,4-7,9-13H2,1-3H3. The molecule has 0 aliphatic heterocycles. The number of hydrogen-bond acceptors (Lipinski definition) is 3. The maximum atomic E-state index is 12.7. The number of rotatable bonds is 7. The van der Waals surface area contributed by atoms with Crippen molar-refractivity contribution in [3.63, 3.8) is 0 Å². The molecule has 120 valence electrons. The summed E-state index contributed by atoms with van der Waals surface area (Å²) in [4.78, 5) is 16.8. The number of hydrogen-bond donors (Lipinski definition) is 1. The molecule has 1 fully saturated rings. The molecule has 0 atom stereocenters. The molecule has 4 nitrogen and oxygen atoms in total. The van der Waals surface area contributed by atoms with Gasteiger partial charge in [-0.1, -0.05) is 13.0 Å². The van der Waals surface area contributed by atoms with Crippen molar-refractivity contribution >= 4 is 5.91 Å². The monoisotopic (exact) mass is 294 g/mol. The highest BCUT2D eigenvalue weighted by molar-refractivity contribution is 5.80. The number of carbonyl (C=O) groups excluding carboxylic acids is 1. The molecule has 0 spiro atoms. The average Bonchev–Trinajstić information content (AvgIpc) is 3.22. The molecular weight excluding hydrogens is 264 g/mol. The Morgan fingerprint density at radius 1 is 1.38 bits per heavy atom. The highest BCUT2D eigenvalue weighted by Crippen LogP contribution is 2.33. The van der Waals surface area contributed by atoms with E-state index in [0.29, 0.717) is 19.1 Å². The van der Waals surface area contributed by atoms with Gasteiger partial charge < -0.3 is 10.0 Å². The summed E-state index contributed by atoms with van der Waals surface area (Å²) in [7, 11) is 0. The van der Waals surface area contributed by atoms with Gasteiger partial charge >= 0.3 is 0 Å². The molecule has 0 aromatic rings. The number of aliphatic hydroxyl groups is 1. The van der Waals surface area contributed by atoms with Crippen LogP contribution in [0.25, 0.3) is 0 Å². The van der Waals surface area contributed by atoms with Crippen molar-refractivity contribution in [3.8, 4) is 0 Å². The minimum Gasteiger partial charge on any atom is -0.389 e. The van der Waals surface area contributed by atoms with E-state index >= 15 is 0 Å². The van der Waals surface area contributed by atoms with E-state index < -0.39 is 5.60 Å². The summed E-state index contributed by atoms with van der Waals surface area (Å²) in [5.74, 6) is 0.205. The number of nitrogens with zero attached hydrogens (tertiary/aromatic N) is 2. The summed E-state index contributed by atoms with van der Waals surface area (Å²) in [6.07, 6.45) is 9.12. The Balaban J connectivity index is 1.99. The molecule has 21 heavy (non-hydrogen) atoms. The quantitative estimate of drug-likeness (QED) is 0.784. The molecule has 1 N–H and O–H groups in total. The third-order valence-corrected chi connectivity index (χ3v) is 4.17. The van der Waals surface area contributed by atoms with Crippen LogP contribution in [0.4, 0.5) is 0 Å². The molecule has 2 rings (SSSR count). The largest absolute Gasteiger partial charge is 0.389 e. The Morgan fingerprint density at radius 3 is 2.57 bits per heavy atom. The first kappa shape index (κ1) is 16.5. The zero-order valence-electron chi connectivity index (χ0n) is 13.8. The molecule has 1 saturated carbocycles. The average molecular weight is 294 g/mol. The second kappa shape index (κ2) is 6.93. The summed E-state index contributed by atoms with van der Waals surface area (Å²) >= 11 is 0. The van der Waals surface area contributed by atoms with Crippen molar-refractivity contribution in [1.29, 1.82) is 0 Å². The molecule has 0 bridgehead atoms. The fourth-order valence-electron chi connectivity index (χ4n) is 3.07. The molecule has 2 aliphatic carbocycles. The molecule has 0 aromatic carbocycles. The van der Waals surface area contributed by atoms with Crippen molar-refractivity contribution in [2.24, 2.45) is 0 Å². The fourth-order valence-corrected chi connectivity index (χ4v) is 3.07. The lowest BCUT2D eigenvalue weighted by molar-refractivity contribution is -0.131. The lowest BCUT2D eigenvalue weighted by atomic mass is 10.0. The van der Waals surface area contributed by atoms with E-state index in [9.17, 15) is 9.90 Å². The Labute approximate surface area is 128 Å². The normalized spacial score (nSPS) is 19.6. The number of carbonyl (C=O) groups is 1. The lowest BCUT2D eigenvalue weighted by Crippen LogP contribution is -2.45. The van der Waals surface area contributed by atoms with Gasteiger partial charge in [0.1, 0.15) is 0 Å². The molecule has 4 heteroatoms. The molecule has 0 unspecified atom stereocenters. The third-order valence-electron chi connectivity index (χ3n) is 4.17. The van der Waals surface area contributed by atoms with E-state index in [0.717, 1.165) is 32.2 Å². The molecular formula is C17H30N2O2. The van der Waals surface area contributed by atoms with Gasteiger partial charge in [0.2, 0.25) is 5.91 Å². The number of amides is 1. The second-order valence-electron chi connectivity index (χ2n) is 7.05. The van der Waals surface area contributed by atoms with Gasteiger partial charge in [-0.05, 0) is 58.9 Å². The Morgan fingerprint density at radius 2 is 2.10 bits per heavy atom. The highest BCUT2D eigenvalue weighted by Gasteiger charge is 2.35. The predicted molar refractivity (Wildman–Crippen MR) is 84.8 cm³/mol. The van der Waals surface area contributed by atoms with Crippen LogP contribution >= 0.6 is 0 Å². The minimum atomic E-state index is -0.759. The van der Waals surface area contributed by atoms with Crippen LogP contribution in [0.1, 0.15) is 59.3 Å². The van der Waals surface area contributed by atoms with Crippen LogP contribution in [0, 0.1) is 0 Å². The summed E-state index contributed by atoms with van der Waals surface area (Å²) < 4.78 is 0. The molecule has 0 aromatic heterocycles. The van der Waals surface area contributed by atoms with Crippen molar-refractivity contribution in [3.05, 3.63) is 11.8 Å². The van der Waals surface area contributed by atoms with Crippen LogP contribution in [-0.2, 0) is 4.79 Å².